The van der Waals surface area contributed by atoms with E-state index in [1.54, 1.807) is 4.90 Å². The minimum atomic E-state index is -0.491. The third-order valence-corrected chi connectivity index (χ3v) is 4.55. The fraction of sp³-hybridized carbons (Fsp3) is 0.500. The number of hydrogen-bond donors (Lipinski definition) is 1. The van der Waals surface area contributed by atoms with E-state index in [2.05, 4.69) is 26.1 Å². The van der Waals surface area contributed by atoms with Crippen LogP contribution in [0.4, 0.5) is 4.39 Å². The molecule has 7 heteroatoms. The zero-order chi connectivity index (χ0) is 16.4. The third-order valence-electron chi connectivity index (χ3n) is 4.09. The van der Waals surface area contributed by atoms with Crippen LogP contribution in [0.1, 0.15) is 18.4 Å². The van der Waals surface area contributed by atoms with Crippen LogP contribution in [0.3, 0.4) is 0 Å². The molecule has 0 bridgehead atoms. The van der Waals surface area contributed by atoms with Crippen LogP contribution < -0.4 is 5.32 Å². The molecule has 1 saturated carbocycles. The molecule has 5 nitrogen and oxygen atoms in total. The van der Waals surface area contributed by atoms with Crippen molar-refractivity contribution < 1.29 is 14.0 Å². The lowest BCUT2D eigenvalue weighted by Gasteiger charge is -2.34. The summed E-state index contributed by atoms with van der Waals surface area (Å²) in [6.07, 6.45) is 1.94. The summed E-state index contributed by atoms with van der Waals surface area (Å²) in [7, 11) is 0. The van der Waals surface area contributed by atoms with Crippen molar-refractivity contribution >= 4 is 27.7 Å². The molecular weight excluding hydrogens is 365 g/mol. The summed E-state index contributed by atoms with van der Waals surface area (Å²) in [4.78, 5) is 27.6. The maximum atomic E-state index is 13.4. The van der Waals surface area contributed by atoms with Gasteiger partial charge in [-0.15, -0.1) is 0 Å². The largest absolute Gasteiger partial charge is 0.345 e. The topological polar surface area (TPSA) is 52.7 Å². The van der Waals surface area contributed by atoms with Crippen LogP contribution in [0, 0.1) is 5.82 Å². The number of carbonyl (C=O) groups excluding carboxylic acids is 2. The molecule has 23 heavy (non-hydrogen) atoms. The Morgan fingerprint density at radius 3 is 2.48 bits per heavy atom. The molecule has 0 radical (unpaired) electrons. The fourth-order valence-electron chi connectivity index (χ4n) is 2.69. The van der Waals surface area contributed by atoms with Crippen molar-refractivity contribution in [1.82, 2.24) is 15.1 Å². The minimum Gasteiger partial charge on any atom is -0.345 e. The number of nitrogens with one attached hydrogen (secondary N) is 1. The Morgan fingerprint density at radius 1 is 1.17 bits per heavy atom. The van der Waals surface area contributed by atoms with Gasteiger partial charge in [0.05, 0.1) is 0 Å². The first-order valence-corrected chi connectivity index (χ1v) is 8.57. The SMILES string of the molecule is O=C(NC1CC1)C(=O)N1CCN(Cc2cc(F)cc(Br)c2)CC1. The lowest BCUT2D eigenvalue weighted by Crippen LogP contribution is -2.52. The molecule has 0 atom stereocenters. The van der Waals surface area contributed by atoms with Crippen LogP contribution >= 0.6 is 15.9 Å². The van der Waals surface area contributed by atoms with Gasteiger partial charge in [0.25, 0.3) is 0 Å². The van der Waals surface area contributed by atoms with Gasteiger partial charge in [0, 0.05) is 43.2 Å². The van der Waals surface area contributed by atoms with Crippen molar-refractivity contribution in [1.29, 1.82) is 0 Å². The summed E-state index contributed by atoms with van der Waals surface area (Å²) in [6, 6.07) is 5.03. The Bertz CT molecular complexity index is 593. The number of hydrogen-bond acceptors (Lipinski definition) is 3. The smallest absolute Gasteiger partial charge is 0.311 e. The molecule has 2 fully saturated rings. The summed E-state index contributed by atoms with van der Waals surface area (Å²) >= 11 is 3.29. The van der Waals surface area contributed by atoms with Gasteiger partial charge in [-0.05, 0) is 36.6 Å². The van der Waals surface area contributed by atoms with Gasteiger partial charge in [0.15, 0.2) is 0 Å². The van der Waals surface area contributed by atoms with Crippen molar-refractivity contribution in [3.8, 4) is 0 Å². The van der Waals surface area contributed by atoms with Crippen molar-refractivity contribution in [2.45, 2.75) is 25.4 Å². The highest BCUT2D eigenvalue weighted by Gasteiger charge is 2.30. The highest BCUT2D eigenvalue weighted by Crippen LogP contribution is 2.19. The molecule has 2 amide bonds. The van der Waals surface area contributed by atoms with Gasteiger partial charge in [-0.3, -0.25) is 14.5 Å². The van der Waals surface area contributed by atoms with E-state index in [1.165, 1.54) is 12.1 Å². The molecule has 1 heterocycles. The Hall–Kier alpha value is -1.47. The second-order valence-corrected chi connectivity index (χ2v) is 7.01. The first-order valence-electron chi connectivity index (χ1n) is 7.78. The molecule has 1 saturated heterocycles. The van der Waals surface area contributed by atoms with Crippen molar-refractivity contribution in [2.75, 3.05) is 26.2 Å². The number of piperazine rings is 1. The van der Waals surface area contributed by atoms with E-state index >= 15 is 0 Å². The van der Waals surface area contributed by atoms with Gasteiger partial charge in [0.1, 0.15) is 5.82 Å². The molecule has 3 rings (SSSR count). The summed E-state index contributed by atoms with van der Waals surface area (Å²) < 4.78 is 14.1. The standard InChI is InChI=1S/C16H19BrFN3O2/c17-12-7-11(8-13(18)9-12)10-20-3-5-21(6-4-20)16(23)15(22)19-14-1-2-14/h7-9,14H,1-6,10H2,(H,19,22). The molecule has 1 N–H and O–H groups in total. The number of nitrogens with zero attached hydrogens (tertiary/aromatic N) is 2. The van der Waals surface area contributed by atoms with E-state index in [9.17, 15) is 14.0 Å². The first kappa shape index (κ1) is 16.4. The van der Waals surface area contributed by atoms with Gasteiger partial charge in [-0.25, -0.2) is 4.39 Å². The van der Waals surface area contributed by atoms with E-state index in [0.29, 0.717) is 32.7 Å². The van der Waals surface area contributed by atoms with Crippen LogP contribution in [-0.2, 0) is 16.1 Å². The van der Waals surface area contributed by atoms with Gasteiger partial charge in [0.2, 0.25) is 0 Å². The Labute approximate surface area is 142 Å². The molecule has 0 spiro atoms. The quantitative estimate of drug-likeness (QED) is 0.804. The zero-order valence-electron chi connectivity index (χ0n) is 12.7. The molecule has 1 aromatic rings. The monoisotopic (exact) mass is 383 g/mol. The second-order valence-electron chi connectivity index (χ2n) is 6.09. The molecule has 1 aliphatic carbocycles. The molecule has 1 aromatic carbocycles. The maximum Gasteiger partial charge on any atom is 0.311 e. The first-order chi connectivity index (χ1) is 11.0. The Balaban J connectivity index is 1.49. The number of benzene rings is 1. The van der Waals surface area contributed by atoms with Crippen molar-refractivity contribution in [3.63, 3.8) is 0 Å². The number of halogens is 2. The Kier molecular flexibility index (Phi) is 4.96. The zero-order valence-corrected chi connectivity index (χ0v) is 14.3. The molecule has 2 aliphatic rings. The molecule has 0 aromatic heterocycles. The van der Waals surface area contributed by atoms with Gasteiger partial charge in [-0.1, -0.05) is 15.9 Å². The minimum absolute atomic E-state index is 0.194. The fourth-order valence-corrected chi connectivity index (χ4v) is 3.20. The van der Waals surface area contributed by atoms with Crippen molar-refractivity contribution in [3.05, 3.63) is 34.1 Å². The number of carbonyl (C=O) groups is 2. The predicted octanol–water partition coefficient (Wildman–Crippen LogP) is 1.51. The van der Waals surface area contributed by atoms with Gasteiger partial charge in [-0.2, -0.15) is 0 Å². The Morgan fingerprint density at radius 2 is 1.87 bits per heavy atom. The maximum absolute atomic E-state index is 13.4. The van der Waals surface area contributed by atoms with E-state index in [4.69, 9.17) is 0 Å². The molecule has 1 aliphatic heterocycles. The molecule has 124 valence electrons. The van der Waals surface area contributed by atoms with E-state index in [1.807, 2.05) is 6.07 Å². The van der Waals surface area contributed by atoms with Crippen LogP contribution in [-0.4, -0.2) is 53.8 Å². The van der Waals surface area contributed by atoms with Crippen LogP contribution in [0.2, 0.25) is 0 Å². The third kappa shape index (κ3) is 4.51. The lowest BCUT2D eigenvalue weighted by molar-refractivity contribution is -0.147. The van der Waals surface area contributed by atoms with Gasteiger partial charge < -0.3 is 10.2 Å². The number of rotatable bonds is 3. The summed E-state index contributed by atoms with van der Waals surface area (Å²) in [6.45, 7) is 3.03. The van der Waals surface area contributed by atoms with Gasteiger partial charge >= 0.3 is 11.8 Å². The van der Waals surface area contributed by atoms with Crippen LogP contribution in [0.25, 0.3) is 0 Å². The average molecular weight is 384 g/mol. The van der Waals surface area contributed by atoms with E-state index < -0.39 is 11.8 Å². The number of amides is 2. The lowest BCUT2D eigenvalue weighted by atomic mass is 10.2. The predicted molar refractivity (Wildman–Crippen MR) is 87.1 cm³/mol. The highest BCUT2D eigenvalue weighted by atomic mass is 79.9. The van der Waals surface area contributed by atoms with Crippen LogP contribution in [0.5, 0.6) is 0 Å². The molecule has 0 unspecified atom stereocenters. The van der Waals surface area contributed by atoms with Crippen LogP contribution in [0.15, 0.2) is 22.7 Å². The highest BCUT2D eigenvalue weighted by molar-refractivity contribution is 9.10. The average Bonchev–Trinajstić information content (AvgIpc) is 3.30. The van der Waals surface area contributed by atoms with E-state index in [-0.39, 0.29) is 11.9 Å². The molecular formula is C16H19BrFN3O2. The normalized spacial score (nSPS) is 18.8. The second kappa shape index (κ2) is 6.97. The summed E-state index contributed by atoms with van der Waals surface area (Å²) in [5, 5.41) is 2.72. The summed E-state index contributed by atoms with van der Waals surface area (Å²) in [5.41, 5.74) is 0.892. The van der Waals surface area contributed by atoms with Crippen molar-refractivity contribution in [2.24, 2.45) is 0 Å². The summed E-state index contributed by atoms with van der Waals surface area (Å²) in [5.74, 6) is -1.19. The van der Waals surface area contributed by atoms with E-state index in [0.717, 1.165) is 22.9 Å².